The number of carbonyl (C=O) groups is 1. The largest absolute Gasteiger partial charge is 0.334 e. The van der Waals surface area contributed by atoms with Crippen molar-refractivity contribution in [3.8, 4) is 0 Å². The van der Waals surface area contributed by atoms with Crippen molar-refractivity contribution in [3.63, 3.8) is 0 Å². The summed E-state index contributed by atoms with van der Waals surface area (Å²) in [7, 11) is 0. The maximum absolute atomic E-state index is 11.4. The third-order valence-corrected chi connectivity index (χ3v) is 3.18. The summed E-state index contributed by atoms with van der Waals surface area (Å²) in [6, 6.07) is 6.01. The number of pyridine rings is 1. The normalized spacial score (nSPS) is 20.7. The van der Waals surface area contributed by atoms with E-state index in [1.54, 1.807) is 6.92 Å². The van der Waals surface area contributed by atoms with E-state index < -0.39 is 0 Å². The van der Waals surface area contributed by atoms with E-state index in [1.165, 1.54) is 0 Å². The summed E-state index contributed by atoms with van der Waals surface area (Å²) in [5, 5.41) is 0. The number of likely N-dealkylation sites (tertiary alicyclic amines) is 1. The van der Waals surface area contributed by atoms with Crippen LogP contribution in [0.5, 0.6) is 0 Å². The fourth-order valence-corrected chi connectivity index (χ4v) is 2.42. The molecule has 1 fully saturated rings. The van der Waals surface area contributed by atoms with Gasteiger partial charge < -0.3 is 4.90 Å². The molecule has 80 valence electrons. The van der Waals surface area contributed by atoms with Gasteiger partial charge in [0, 0.05) is 13.5 Å². The van der Waals surface area contributed by atoms with Crippen molar-refractivity contribution in [2.24, 2.45) is 0 Å². The Balaban J connectivity index is 2.26. The zero-order valence-corrected chi connectivity index (χ0v) is 10.2. The third kappa shape index (κ3) is 2.20. The fraction of sp³-hybridized carbons (Fsp3) is 0.455. The third-order valence-electron chi connectivity index (χ3n) is 2.74. The number of amides is 1. The molecule has 0 unspecified atom stereocenters. The van der Waals surface area contributed by atoms with Crippen LogP contribution in [0.2, 0.25) is 0 Å². The SMILES string of the molecule is CC(=O)N1CCC[C@@H]1c1cccc(Br)n1. The minimum atomic E-state index is 0.138. The van der Waals surface area contributed by atoms with Gasteiger partial charge in [-0.05, 0) is 40.9 Å². The van der Waals surface area contributed by atoms with Gasteiger partial charge >= 0.3 is 0 Å². The molecular formula is C11H13BrN2O. The smallest absolute Gasteiger partial charge is 0.220 e. The molecule has 4 heteroatoms. The minimum Gasteiger partial charge on any atom is -0.334 e. The summed E-state index contributed by atoms with van der Waals surface area (Å²) in [4.78, 5) is 17.7. The van der Waals surface area contributed by atoms with Crippen molar-refractivity contribution in [1.82, 2.24) is 9.88 Å². The highest BCUT2D eigenvalue weighted by Crippen LogP contribution is 2.31. The first-order chi connectivity index (χ1) is 7.18. The standard InChI is InChI=1S/C11H13BrN2O/c1-8(15)14-7-3-5-10(14)9-4-2-6-11(12)13-9/h2,4,6,10H,3,5,7H2,1H3/t10-/m1/s1. The van der Waals surface area contributed by atoms with E-state index in [1.807, 2.05) is 23.1 Å². The van der Waals surface area contributed by atoms with Gasteiger partial charge in [-0.25, -0.2) is 4.98 Å². The highest BCUT2D eigenvalue weighted by molar-refractivity contribution is 9.10. The van der Waals surface area contributed by atoms with Crippen molar-refractivity contribution >= 4 is 21.8 Å². The van der Waals surface area contributed by atoms with Crippen LogP contribution in [0.1, 0.15) is 31.5 Å². The molecule has 0 spiro atoms. The predicted octanol–water partition coefficient (Wildman–Crippen LogP) is 2.53. The monoisotopic (exact) mass is 268 g/mol. The first kappa shape index (κ1) is 10.6. The van der Waals surface area contributed by atoms with Crippen molar-refractivity contribution in [3.05, 3.63) is 28.5 Å². The van der Waals surface area contributed by atoms with Crippen LogP contribution in [0.4, 0.5) is 0 Å². The Hall–Kier alpha value is -0.900. The zero-order valence-electron chi connectivity index (χ0n) is 8.61. The van der Waals surface area contributed by atoms with Crippen molar-refractivity contribution in [2.75, 3.05) is 6.54 Å². The Kier molecular flexibility index (Phi) is 3.05. The molecule has 1 aromatic rings. The van der Waals surface area contributed by atoms with Gasteiger partial charge in [0.05, 0.1) is 11.7 Å². The number of carbonyl (C=O) groups excluding carboxylic acids is 1. The number of hydrogen-bond acceptors (Lipinski definition) is 2. The van der Waals surface area contributed by atoms with Gasteiger partial charge in [-0.1, -0.05) is 6.07 Å². The van der Waals surface area contributed by atoms with Crippen LogP contribution in [0.15, 0.2) is 22.8 Å². The number of hydrogen-bond donors (Lipinski definition) is 0. The van der Waals surface area contributed by atoms with E-state index in [9.17, 15) is 4.79 Å². The van der Waals surface area contributed by atoms with Gasteiger partial charge in [0.15, 0.2) is 0 Å². The Morgan fingerprint density at radius 2 is 2.40 bits per heavy atom. The van der Waals surface area contributed by atoms with Crippen molar-refractivity contribution in [1.29, 1.82) is 0 Å². The van der Waals surface area contributed by atoms with Gasteiger partial charge in [-0.15, -0.1) is 0 Å². The first-order valence-electron chi connectivity index (χ1n) is 5.08. The van der Waals surface area contributed by atoms with Crippen LogP contribution in [-0.4, -0.2) is 22.3 Å². The molecule has 1 amide bonds. The van der Waals surface area contributed by atoms with Crippen LogP contribution >= 0.6 is 15.9 Å². The Labute approximate surface area is 97.6 Å². The fourth-order valence-electron chi connectivity index (χ4n) is 2.06. The number of nitrogens with zero attached hydrogens (tertiary/aromatic N) is 2. The van der Waals surface area contributed by atoms with Gasteiger partial charge in [0.1, 0.15) is 4.60 Å². The summed E-state index contributed by atoms with van der Waals surface area (Å²) < 4.78 is 0.829. The summed E-state index contributed by atoms with van der Waals surface area (Å²) in [6.45, 7) is 2.48. The maximum atomic E-state index is 11.4. The molecule has 0 bridgehead atoms. The van der Waals surface area contributed by atoms with Gasteiger partial charge in [0.25, 0.3) is 0 Å². The molecule has 0 N–H and O–H groups in total. The molecule has 0 aromatic carbocycles. The quantitative estimate of drug-likeness (QED) is 0.734. The highest BCUT2D eigenvalue weighted by atomic mass is 79.9. The second-order valence-electron chi connectivity index (χ2n) is 3.76. The lowest BCUT2D eigenvalue weighted by Crippen LogP contribution is -2.28. The van der Waals surface area contributed by atoms with E-state index in [2.05, 4.69) is 20.9 Å². The Bertz CT molecular complexity index is 381. The number of aromatic nitrogens is 1. The topological polar surface area (TPSA) is 33.2 Å². The second kappa shape index (κ2) is 4.31. The summed E-state index contributed by atoms with van der Waals surface area (Å²) in [5.41, 5.74) is 0.983. The van der Waals surface area contributed by atoms with Crippen LogP contribution in [0.3, 0.4) is 0 Å². The summed E-state index contributed by atoms with van der Waals surface area (Å²) in [5.74, 6) is 0.138. The number of rotatable bonds is 1. The molecule has 1 aromatic heterocycles. The van der Waals surface area contributed by atoms with E-state index >= 15 is 0 Å². The van der Waals surface area contributed by atoms with Crippen LogP contribution in [-0.2, 0) is 4.79 Å². The molecule has 2 heterocycles. The van der Waals surface area contributed by atoms with Crippen molar-refractivity contribution in [2.45, 2.75) is 25.8 Å². The Morgan fingerprint density at radius 1 is 1.60 bits per heavy atom. The molecule has 2 rings (SSSR count). The van der Waals surface area contributed by atoms with Gasteiger partial charge in [-0.3, -0.25) is 4.79 Å². The summed E-state index contributed by atoms with van der Waals surface area (Å²) in [6.07, 6.45) is 2.08. The van der Waals surface area contributed by atoms with Gasteiger partial charge in [0.2, 0.25) is 5.91 Å². The predicted molar refractivity (Wildman–Crippen MR) is 61.3 cm³/mol. The molecule has 3 nitrogen and oxygen atoms in total. The molecule has 1 aliphatic rings. The van der Waals surface area contributed by atoms with Crippen molar-refractivity contribution < 1.29 is 4.79 Å². The zero-order chi connectivity index (χ0) is 10.8. The molecule has 1 aliphatic heterocycles. The average Bonchev–Trinajstić information content (AvgIpc) is 2.65. The lowest BCUT2D eigenvalue weighted by Gasteiger charge is -2.22. The Morgan fingerprint density at radius 3 is 3.07 bits per heavy atom. The molecule has 15 heavy (non-hydrogen) atoms. The highest BCUT2D eigenvalue weighted by Gasteiger charge is 2.28. The lowest BCUT2D eigenvalue weighted by molar-refractivity contribution is -0.129. The van der Waals surface area contributed by atoms with Gasteiger partial charge in [-0.2, -0.15) is 0 Å². The molecule has 1 atom stereocenters. The molecule has 0 radical (unpaired) electrons. The van der Waals surface area contributed by atoms with E-state index in [4.69, 9.17) is 0 Å². The first-order valence-corrected chi connectivity index (χ1v) is 5.87. The average molecular weight is 269 g/mol. The summed E-state index contributed by atoms with van der Waals surface area (Å²) >= 11 is 3.35. The number of halogens is 1. The molecular weight excluding hydrogens is 256 g/mol. The lowest BCUT2D eigenvalue weighted by atomic mass is 10.1. The molecule has 1 saturated heterocycles. The molecule has 0 aliphatic carbocycles. The van der Waals surface area contributed by atoms with E-state index in [0.29, 0.717) is 0 Å². The van der Waals surface area contributed by atoms with Crippen LogP contribution < -0.4 is 0 Å². The van der Waals surface area contributed by atoms with E-state index in [0.717, 1.165) is 29.7 Å². The minimum absolute atomic E-state index is 0.138. The van der Waals surface area contributed by atoms with Crippen LogP contribution in [0.25, 0.3) is 0 Å². The second-order valence-corrected chi connectivity index (χ2v) is 4.57. The maximum Gasteiger partial charge on any atom is 0.220 e. The van der Waals surface area contributed by atoms with Crippen LogP contribution in [0, 0.1) is 0 Å². The van der Waals surface area contributed by atoms with E-state index in [-0.39, 0.29) is 11.9 Å². The molecule has 0 saturated carbocycles.